The molecule has 21 heavy (non-hydrogen) atoms. The minimum Gasteiger partial charge on any atom is -0.390 e. The summed E-state index contributed by atoms with van der Waals surface area (Å²) in [5, 5.41) is 13.2. The Morgan fingerprint density at radius 3 is 2.81 bits per heavy atom. The highest BCUT2D eigenvalue weighted by atomic mass is 16.3. The standard InChI is InChI=1S/C17H18N2O2/c20-15-10-11-4-1-2-5-13(11)16(15)18-17(21)14-6-3-9-19(14)12-7-8-12/h1-6,9,12,15-16,20H,7-8,10H2,(H,18,21)/t15-,16+/m1/s1. The van der Waals surface area contributed by atoms with Crippen LogP contribution in [0.25, 0.3) is 0 Å². The van der Waals surface area contributed by atoms with E-state index in [1.165, 1.54) is 0 Å². The van der Waals surface area contributed by atoms with Crippen LogP contribution in [0, 0.1) is 0 Å². The molecular formula is C17H18N2O2. The number of aliphatic hydroxyl groups excluding tert-OH is 1. The van der Waals surface area contributed by atoms with Crippen LogP contribution in [0.5, 0.6) is 0 Å². The average Bonchev–Trinajstić information content (AvgIpc) is 3.13. The molecule has 1 amide bonds. The maximum absolute atomic E-state index is 12.5. The monoisotopic (exact) mass is 282 g/mol. The predicted molar refractivity (Wildman–Crippen MR) is 79.1 cm³/mol. The highest BCUT2D eigenvalue weighted by Crippen LogP contribution is 2.36. The van der Waals surface area contributed by atoms with Gasteiger partial charge in [0.2, 0.25) is 0 Å². The van der Waals surface area contributed by atoms with E-state index >= 15 is 0 Å². The molecule has 1 fully saturated rings. The Morgan fingerprint density at radius 2 is 2.00 bits per heavy atom. The SMILES string of the molecule is O=C(N[C@H]1c2ccccc2C[C@H]1O)c1cccn1C1CC1. The molecule has 0 spiro atoms. The Labute approximate surface area is 123 Å². The van der Waals surface area contributed by atoms with Gasteiger partial charge in [0.15, 0.2) is 0 Å². The smallest absolute Gasteiger partial charge is 0.268 e. The number of hydrogen-bond donors (Lipinski definition) is 2. The second-order valence-electron chi connectivity index (χ2n) is 5.95. The maximum atomic E-state index is 12.5. The number of rotatable bonds is 3. The maximum Gasteiger partial charge on any atom is 0.268 e. The molecule has 108 valence electrons. The van der Waals surface area contributed by atoms with E-state index in [1.54, 1.807) is 0 Å². The number of amides is 1. The molecule has 0 radical (unpaired) electrons. The molecular weight excluding hydrogens is 264 g/mol. The van der Waals surface area contributed by atoms with Crippen LogP contribution in [0.15, 0.2) is 42.6 Å². The van der Waals surface area contributed by atoms with Crippen molar-refractivity contribution in [3.63, 3.8) is 0 Å². The Balaban J connectivity index is 1.58. The van der Waals surface area contributed by atoms with Gasteiger partial charge in [-0.05, 0) is 36.1 Å². The van der Waals surface area contributed by atoms with E-state index in [1.807, 2.05) is 47.2 Å². The van der Waals surface area contributed by atoms with Crippen molar-refractivity contribution >= 4 is 5.91 Å². The van der Waals surface area contributed by atoms with Crippen molar-refractivity contribution in [3.05, 3.63) is 59.4 Å². The van der Waals surface area contributed by atoms with E-state index in [2.05, 4.69) is 5.32 Å². The van der Waals surface area contributed by atoms with Crippen molar-refractivity contribution in [2.75, 3.05) is 0 Å². The lowest BCUT2D eigenvalue weighted by Gasteiger charge is -2.18. The molecule has 1 heterocycles. The van der Waals surface area contributed by atoms with Crippen LogP contribution < -0.4 is 5.32 Å². The highest BCUT2D eigenvalue weighted by Gasteiger charge is 2.33. The Kier molecular flexibility index (Phi) is 2.86. The summed E-state index contributed by atoms with van der Waals surface area (Å²) in [6.45, 7) is 0. The van der Waals surface area contributed by atoms with Gasteiger partial charge in [-0.1, -0.05) is 24.3 Å². The molecule has 1 aromatic heterocycles. The number of fused-ring (bicyclic) bond motifs is 1. The van der Waals surface area contributed by atoms with Gasteiger partial charge in [-0.2, -0.15) is 0 Å². The van der Waals surface area contributed by atoms with Gasteiger partial charge in [-0.15, -0.1) is 0 Å². The number of nitrogens with zero attached hydrogens (tertiary/aromatic N) is 1. The van der Waals surface area contributed by atoms with Crippen LogP contribution in [0.3, 0.4) is 0 Å². The first-order chi connectivity index (χ1) is 10.2. The predicted octanol–water partition coefficient (Wildman–Crippen LogP) is 2.21. The van der Waals surface area contributed by atoms with E-state index < -0.39 is 6.10 Å². The molecule has 1 saturated carbocycles. The van der Waals surface area contributed by atoms with Crippen molar-refractivity contribution in [3.8, 4) is 0 Å². The fourth-order valence-corrected chi connectivity index (χ4v) is 3.22. The van der Waals surface area contributed by atoms with Gasteiger partial charge in [0.1, 0.15) is 5.69 Å². The Hall–Kier alpha value is -2.07. The first kappa shape index (κ1) is 12.7. The largest absolute Gasteiger partial charge is 0.390 e. The number of carbonyl (C=O) groups is 1. The molecule has 4 heteroatoms. The van der Waals surface area contributed by atoms with E-state index in [4.69, 9.17) is 0 Å². The summed E-state index contributed by atoms with van der Waals surface area (Å²) in [6, 6.07) is 11.8. The molecule has 4 nitrogen and oxygen atoms in total. The summed E-state index contributed by atoms with van der Waals surface area (Å²) >= 11 is 0. The van der Waals surface area contributed by atoms with E-state index in [0.717, 1.165) is 24.0 Å². The number of aliphatic hydroxyl groups is 1. The Bertz CT molecular complexity index is 688. The summed E-state index contributed by atoms with van der Waals surface area (Å²) < 4.78 is 2.04. The third-order valence-electron chi connectivity index (χ3n) is 4.44. The van der Waals surface area contributed by atoms with Crippen LogP contribution in [0.1, 0.15) is 46.5 Å². The first-order valence-electron chi connectivity index (χ1n) is 7.47. The molecule has 2 aromatic rings. The second-order valence-corrected chi connectivity index (χ2v) is 5.95. The fourth-order valence-electron chi connectivity index (χ4n) is 3.22. The molecule has 2 aliphatic rings. The average molecular weight is 282 g/mol. The molecule has 1 aromatic carbocycles. The van der Waals surface area contributed by atoms with Gasteiger partial charge in [0.05, 0.1) is 12.1 Å². The van der Waals surface area contributed by atoms with Crippen molar-refractivity contribution in [1.82, 2.24) is 9.88 Å². The summed E-state index contributed by atoms with van der Waals surface area (Å²) in [5.41, 5.74) is 2.84. The van der Waals surface area contributed by atoms with Gasteiger partial charge in [0.25, 0.3) is 5.91 Å². The van der Waals surface area contributed by atoms with Crippen LogP contribution in [-0.2, 0) is 6.42 Å². The van der Waals surface area contributed by atoms with Crippen molar-refractivity contribution in [1.29, 1.82) is 0 Å². The lowest BCUT2D eigenvalue weighted by molar-refractivity contribution is 0.0849. The number of nitrogens with one attached hydrogen (secondary N) is 1. The topological polar surface area (TPSA) is 54.3 Å². The van der Waals surface area contributed by atoms with Gasteiger partial charge in [0, 0.05) is 18.7 Å². The fraction of sp³-hybridized carbons (Fsp3) is 0.353. The number of benzene rings is 1. The Morgan fingerprint density at radius 1 is 1.19 bits per heavy atom. The summed E-state index contributed by atoms with van der Waals surface area (Å²) in [4.78, 5) is 12.5. The van der Waals surface area contributed by atoms with Gasteiger partial charge >= 0.3 is 0 Å². The lowest BCUT2D eigenvalue weighted by Crippen LogP contribution is -2.34. The molecule has 2 N–H and O–H groups in total. The zero-order valence-electron chi connectivity index (χ0n) is 11.7. The van der Waals surface area contributed by atoms with Crippen LogP contribution >= 0.6 is 0 Å². The van der Waals surface area contributed by atoms with E-state index in [-0.39, 0.29) is 11.9 Å². The van der Waals surface area contributed by atoms with Gasteiger partial charge in [-0.25, -0.2) is 0 Å². The van der Waals surface area contributed by atoms with Crippen LogP contribution in [0.2, 0.25) is 0 Å². The van der Waals surface area contributed by atoms with E-state index in [0.29, 0.717) is 18.2 Å². The molecule has 2 atom stereocenters. The molecule has 0 saturated heterocycles. The minimum atomic E-state index is -0.546. The second kappa shape index (κ2) is 4.74. The third-order valence-corrected chi connectivity index (χ3v) is 4.44. The van der Waals surface area contributed by atoms with Crippen molar-refractivity contribution in [2.45, 2.75) is 37.5 Å². The number of hydrogen-bond acceptors (Lipinski definition) is 2. The van der Waals surface area contributed by atoms with E-state index in [9.17, 15) is 9.90 Å². The molecule has 0 unspecified atom stereocenters. The summed E-state index contributed by atoms with van der Waals surface area (Å²) in [5.74, 6) is -0.104. The zero-order valence-corrected chi connectivity index (χ0v) is 11.7. The third kappa shape index (κ3) is 2.16. The summed E-state index contributed by atoms with van der Waals surface area (Å²) in [7, 11) is 0. The van der Waals surface area contributed by atoms with Crippen LogP contribution in [0.4, 0.5) is 0 Å². The van der Waals surface area contributed by atoms with Crippen LogP contribution in [-0.4, -0.2) is 21.7 Å². The molecule has 0 bridgehead atoms. The minimum absolute atomic E-state index is 0.104. The molecule has 2 aliphatic carbocycles. The highest BCUT2D eigenvalue weighted by molar-refractivity contribution is 5.93. The van der Waals surface area contributed by atoms with Gasteiger partial charge < -0.3 is 15.0 Å². The van der Waals surface area contributed by atoms with Crippen molar-refractivity contribution in [2.24, 2.45) is 0 Å². The number of aromatic nitrogens is 1. The van der Waals surface area contributed by atoms with Crippen molar-refractivity contribution < 1.29 is 9.90 Å². The quantitative estimate of drug-likeness (QED) is 0.907. The molecule has 4 rings (SSSR count). The zero-order chi connectivity index (χ0) is 14.4. The van der Waals surface area contributed by atoms with Gasteiger partial charge in [-0.3, -0.25) is 4.79 Å². The lowest BCUT2D eigenvalue weighted by atomic mass is 10.1. The normalized spacial score (nSPS) is 23.9. The number of carbonyl (C=O) groups excluding carboxylic acids is 1. The summed E-state index contributed by atoms with van der Waals surface area (Å²) in [6.07, 6.45) is 4.31. The molecule has 0 aliphatic heterocycles. The first-order valence-corrected chi connectivity index (χ1v) is 7.47.